The first-order valence-corrected chi connectivity index (χ1v) is 10.6. The van der Waals surface area contributed by atoms with Gasteiger partial charge in [0.25, 0.3) is 5.91 Å². The van der Waals surface area contributed by atoms with Crippen molar-refractivity contribution < 1.29 is 13.9 Å². The molecule has 1 aromatic heterocycles. The van der Waals surface area contributed by atoms with Crippen molar-refractivity contribution in [2.45, 2.75) is 57.8 Å². The summed E-state index contributed by atoms with van der Waals surface area (Å²) in [5.74, 6) is 0.536. The molecule has 2 aliphatic rings. The van der Waals surface area contributed by atoms with Crippen molar-refractivity contribution in [3.05, 3.63) is 53.6 Å². The molecule has 156 valence electrons. The van der Waals surface area contributed by atoms with Crippen LogP contribution < -0.4 is 0 Å². The van der Waals surface area contributed by atoms with Crippen LogP contribution in [0, 0.1) is 5.92 Å². The van der Waals surface area contributed by atoms with Crippen LogP contribution in [0.2, 0.25) is 0 Å². The molecule has 0 radical (unpaired) electrons. The third-order valence-corrected chi connectivity index (χ3v) is 6.39. The average molecular weight is 400 g/mol. The first kappa shape index (κ1) is 20.1. The molecule has 1 amide bonds. The summed E-state index contributed by atoms with van der Waals surface area (Å²) in [4.78, 5) is 19.4. The minimum Gasteiger partial charge on any atom is -0.376 e. The lowest BCUT2D eigenvalue weighted by Crippen LogP contribution is -2.49. The summed E-state index contributed by atoms with van der Waals surface area (Å²) in [6.45, 7) is 7.28. The van der Waals surface area contributed by atoms with E-state index in [1.165, 1.54) is 6.42 Å². The summed E-state index contributed by atoms with van der Waals surface area (Å²) in [5, 5.41) is 0. The number of rotatable bonds is 4. The highest BCUT2D eigenvalue weighted by atomic mass is 19.1. The van der Waals surface area contributed by atoms with Crippen LogP contribution in [-0.2, 0) is 10.4 Å². The fraction of sp³-hybridized carbons (Fsp3) is 0.565. The normalized spacial score (nSPS) is 23.5. The van der Waals surface area contributed by atoms with E-state index in [1.54, 1.807) is 26.4 Å². The number of amides is 1. The summed E-state index contributed by atoms with van der Waals surface area (Å²) in [5.41, 5.74) is 0.575. The minimum absolute atomic E-state index is 0.0287. The van der Waals surface area contributed by atoms with E-state index < -0.39 is 5.67 Å². The van der Waals surface area contributed by atoms with Gasteiger partial charge in [-0.15, -0.1) is 0 Å². The van der Waals surface area contributed by atoms with Crippen molar-refractivity contribution >= 4 is 5.91 Å². The number of piperidine rings is 1. The zero-order valence-electron chi connectivity index (χ0n) is 17.5. The number of carbonyl (C=O) groups is 1. The van der Waals surface area contributed by atoms with Crippen molar-refractivity contribution in [2.24, 2.45) is 5.92 Å². The second kappa shape index (κ2) is 7.90. The van der Waals surface area contributed by atoms with Crippen molar-refractivity contribution in [3.8, 4) is 0 Å². The molecule has 0 unspecified atom stereocenters. The van der Waals surface area contributed by atoms with E-state index in [0.717, 1.165) is 31.6 Å². The minimum atomic E-state index is -1.46. The largest absolute Gasteiger partial charge is 0.376 e. The molecule has 2 fully saturated rings. The average Bonchev–Trinajstić information content (AvgIpc) is 3.21. The number of hydrogen-bond acceptors (Lipinski definition) is 3. The number of benzene rings is 1. The molecule has 3 atom stereocenters. The maximum absolute atomic E-state index is 14.8. The van der Waals surface area contributed by atoms with Gasteiger partial charge in [-0.2, -0.15) is 0 Å². The topological polar surface area (TPSA) is 47.4 Å². The van der Waals surface area contributed by atoms with Crippen molar-refractivity contribution in [1.82, 2.24) is 14.5 Å². The summed E-state index contributed by atoms with van der Waals surface area (Å²) in [6, 6.07) is 7.30. The highest BCUT2D eigenvalue weighted by molar-refractivity contribution is 5.92. The molecule has 3 heterocycles. The highest BCUT2D eigenvalue weighted by Gasteiger charge is 2.35. The molecule has 29 heavy (non-hydrogen) atoms. The zero-order valence-corrected chi connectivity index (χ0v) is 17.5. The van der Waals surface area contributed by atoms with E-state index in [1.807, 2.05) is 40.7 Å². The quantitative estimate of drug-likeness (QED) is 0.768. The molecule has 1 aromatic carbocycles. The van der Waals surface area contributed by atoms with Crippen LogP contribution in [0.25, 0.3) is 0 Å². The molecular weight excluding hydrogens is 369 g/mol. The lowest BCUT2D eigenvalue weighted by atomic mass is 9.87. The van der Waals surface area contributed by atoms with Crippen LogP contribution in [0.15, 0.2) is 36.8 Å². The highest BCUT2D eigenvalue weighted by Crippen LogP contribution is 2.34. The number of nitrogens with zero attached hydrogens (tertiary/aromatic N) is 3. The first-order valence-electron chi connectivity index (χ1n) is 10.6. The lowest BCUT2D eigenvalue weighted by molar-refractivity contribution is -0.0629. The molecule has 2 aliphatic heterocycles. The van der Waals surface area contributed by atoms with Gasteiger partial charge in [-0.05, 0) is 57.1 Å². The lowest BCUT2D eigenvalue weighted by Gasteiger charge is -2.41. The van der Waals surface area contributed by atoms with Crippen molar-refractivity contribution in [3.63, 3.8) is 0 Å². The Bertz CT molecular complexity index is 873. The summed E-state index contributed by atoms with van der Waals surface area (Å²) >= 11 is 0. The van der Waals surface area contributed by atoms with E-state index in [4.69, 9.17) is 4.74 Å². The fourth-order valence-electron chi connectivity index (χ4n) is 4.74. The number of imidazole rings is 1. The Labute approximate surface area is 171 Å². The van der Waals surface area contributed by atoms with E-state index in [0.29, 0.717) is 23.7 Å². The monoisotopic (exact) mass is 399 g/mol. The van der Waals surface area contributed by atoms with Gasteiger partial charge in [-0.1, -0.05) is 24.3 Å². The van der Waals surface area contributed by atoms with Gasteiger partial charge in [0.1, 0.15) is 11.4 Å². The van der Waals surface area contributed by atoms with E-state index in [-0.39, 0.29) is 18.1 Å². The molecule has 2 aromatic rings. The molecule has 6 heteroatoms. The van der Waals surface area contributed by atoms with Gasteiger partial charge in [0.05, 0.1) is 24.7 Å². The maximum Gasteiger partial charge on any atom is 0.272 e. The molecule has 2 saturated heterocycles. The second-order valence-electron chi connectivity index (χ2n) is 8.77. The second-order valence-corrected chi connectivity index (χ2v) is 8.77. The zero-order chi connectivity index (χ0) is 20.6. The molecule has 0 saturated carbocycles. The fourth-order valence-corrected chi connectivity index (χ4v) is 4.74. The Morgan fingerprint density at radius 2 is 2.10 bits per heavy atom. The Morgan fingerprint density at radius 3 is 2.90 bits per heavy atom. The number of likely N-dealkylation sites (tertiary alicyclic amines) is 1. The number of fused-ring (bicyclic) bond motifs is 1. The number of carbonyl (C=O) groups excluding carboxylic acids is 1. The molecule has 5 nitrogen and oxygen atoms in total. The third-order valence-electron chi connectivity index (χ3n) is 6.39. The van der Waals surface area contributed by atoms with E-state index in [9.17, 15) is 9.18 Å². The van der Waals surface area contributed by atoms with Gasteiger partial charge in [-0.25, -0.2) is 9.37 Å². The Morgan fingerprint density at radius 1 is 1.31 bits per heavy atom. The maximum atomic E-state index is 14.8. The molecular formula is C23H30FN3O2. The number of alkyl halides is 1. The predicted octanol–water partition coefficient (Wildman–Crippen LogP) is 4.34. The van der Waals surface area contributed by atoms with Gasteiger partial charge in [0.15, 0.2) is 0 Å². The standard InChI is InChI=1S/C23H30FN3O2/c1-16(18-8-4-5-9-19(18)23(2,3)24)27-15-25-13-20(27)22(28)26-11-10-17-7-6-12-29-21(17)14-26/h4-5,8-9,13,15-17,21H,6-7,10-12,14H2,1-3H3/t16-,17+,21+/m0/s1. The summed E-state index contributed by atoms with van der Waals surface area (Å²) < 4.78 is 22.6. The van der Waals surface area contributed by atoms with Gasteiger partial charge in [0, 0.05) is 19.7 Å². The van der Waals surface area contributed by atoms with Crippen LogP contribution in [-0.4, -0.2) is 46.2 Å². The molecule has 0 spiro atoms. The number of ether oxygens (including phenoxy) is 1. The van der Waals surface area contributed by atoms with Gasteiger partial charge < -0.3 is 14.2 Å². The van der Waals surface area contributed by atoms with E-state index in [2.05, 4.69) is 4.98 Å². The summed E-state index contributed by atoms with van der Waals surface area (Å²) in [7, 11) is 0. The Hall–Kier alpha value is -2.21. The van der Waals surface area contributed by atoms with Crippen molar-refractivity contribution in [2.75, 3.05) is 19.7 Å². The molecule has 0 aliphatic carbocycles. The number of halogens is 1. The molecule has 4 rings (SSSR count). The number of hydrogen-bond donors (Lipinski definition) is 0. The Balaban J connectivity index is 1.58. The number of aromatic nitrogens is 2. The predicted molar refractivity (Wildman–Crippen MR) is 110 cm³/mol. The van der Waals surface area contributed by atoms with Gasteiger partial charge in [-0.3, -0.25) is 4.79 Å². The Kier molecular flexibility index (Phi) is 5.47. The van der Waals surface area contributed by atoms with Gasteiger partial charge in [0.2, 0.25) is 0 Å². The van der Waals surface area contributed by atoms with Crippen molar-refractivity contribution in [1.29, 1.82) is 0 Å². The van der Waals surface area contributed by atoms with Gasteiger partial charge >= 0.3 is 0 Å². The molecule has 0 bridgehead atoms. The smallest absolute Gasteiger partial charge is 0.272 e. The summed E-state index contributed by atoms with van der Waals surface area (Å²) in [6.07, 6.45) is 6.73. The van der Waals surface area contributed by atoms with Crippen LogP contribution >= 0.6 is 0 Å². The van der Waals surface area contributed by atoms with Crippen LogP contribution in [0.4, 0.5) is 4.39 Å². The van der Waals surface area contributed by atoms with Crippen LogP contribution in [0.1, 0.15) is 67.7 Å². The first-order chi connectivity index (χ1) is 13.9. The van der Waals surface area contributed by atoms with Crippen LogP contribution in [0.3, 0.4) is 0 Å². The SMILES string of the molecule is C[C@@H](c1ccccc1C(C)(C)F)n1cncc1C(=O)N1CC[C@H]2CCCO[C@@H]2C1. The van der Waals surface area contributed by atoms with Crippen LogP contribution in [0.5, 0.6) is 0 Å². The van der Waals surface area contributed by atoms with E-state index >= 15 is 0 Å². The molecule has 0 N–H and O–H groups in total. The third kappa shape index (κ3) is 3.95.